The maximum absolute atomic E-state index is 5.43. The fraction of sp³-hybridized carbons (Fsp3) is 1.00. The molecule has 1 saturated carbocycles. The molecule has 1 aliphatic carbocycles. The normalized spacial score (nSPS) is 23.1. The highest BCUT2D eigenvalue weighted by atomic mass is 16.5. The maximum atomic E-state index is 5.43. The van der Waals surface area contributed by atoms with Gasteiger partial charge in [-0.15, -0.1) is 0 Å². The molecule has 1 rings (SSSR count). The van der Waals surface area contributed by atoms with Gasteiger partial charge >= 0.3 is 0 Å². The molecule has 0 aromatic rings. The molecular weight excluding hydrogens is 214 g/mol. The quantitative estimate of drug-likeness (QED) is 0.631. The van der Waals surface area contributed by atoms with E-state index in [1.165, 1.54) is 25.7 Å². The molecule has 0 aromatic carbocycles. The molecule has 1 atom stereocenters. The van der Waals surface area contributed by atoms with Crippen molar-refractivity contribution in [1.82, 2.24) is 5.32 Å². The van der Waals surface area contributed by atoms with Crippen LogP contribution in [0.1, 0.15) is 46.0 Å². The Labute approximate surface area is 106 Å². The minimum absolute atomic E-state index is 0.495. The van der Waals surface area contributed by atoms with E-state index in [0.29, 0.717) is 12.0 Å². The zero-order valence-corrected chi connectivity index (χ0v) is 11.8. The monoisotopic (exact) mass is 243 g/mol. The average molecular weight is 243 g/mol. The molecule has 0 aliphatic heterocycles. The molecular formula is C14H29NO2. The van der Waals surface area contributed by atoms with Crippen LogP contribution in [0.2, 0.25) is 0 Å². The fourth-order valence-electron chi connectivity index (χ4n) is 2.55. The fourth-order valence-corrected chi connectivity index (χ4v) is 2.55. The van der Waals surface area contributed by atoms with E-state index in [1.54, 1.807) is 7.11 Å². The van der Waals surface area contributed by atoms with E-state index in [-0.39, 0.29) is 0 Å². The lowest BCUT2D eigenvalue weighted by Crippen LogP contribution is -2.38. The summed E-state index contributed by atoms with van der Waals surface area (Å²) in [6, 6.07) is 0.719. The van der Waals surface area contributed by atoms with Crippen LogP contribution in [0.3, 0.4) is 0 Å². The van der Waals surface area contributed by atoms with Gasteiger partial charge in [0.25, 0.3) is 0 Å². The third kappa shape index (κ3) is 5.84. The number of nitrogens with one attached hydrogen (secondary N) is 1. The summed E-state index contributed by atoms with van der Waals surface area (Å²) in [5.74, 6) is 0. The standard InChI is InChI=1S/C14H29NO2/c1-14(2)8-6-7-13(14)15-9-4-5-10-17-12-11-16-3/h13,15H,4-12H2,1-3H3. The Morgan fingerprint density at radius 3 is 2.65 bits per heavy atom. The predicted octanol–water partition coefficient (Wildman–Crippen LogP) is 2.60. The van der Waals surface area contributed by atoms with E-state index in [0.717, 1.165) is 32.2 Å². The highest BCUT2D eigenvalue weighted by Gasteiger charge is 2.33. The van der Waals surface area contributed by atoms with Crippen molar-refractivity contribution in [2.45, 2.75) is 52.0 Å². The summed E-state index contributed by atoms with van der Waals surface area (Å²) in [6.45, 7) is 8.17. The lowest BCUT2D eigenvalue weighted by atomic mass is 9.87. The Morgan fingerprint density at radius 1 is 1.18 bits per heavy atom. The minimum atomic E-state index is 0.495. The molecule has 0 aromatic heterocycles. The molecule has 1 fully saturated rings. The molecule has 0 amide bonds. The number of rotatable bonds is 9. The summed E-state index contributed by atoms with van der Waals surface area (Å²) < 4.78 is 10.4. The SMILES string of the molecule is COCCOCCCCNC1CCCC1(C)C. The van der Waals surface area contributed by atoms with E-state index in [4.69, 9.17) is 9.47 Å². The molecule has 0 bridgehead atoms. The molecule has 0 spiro atoms. The van der Waals surface area contributed by atoms with Crippen molar-refractivity contribution in [3.63, 3.8) is 0 Å². The van der Waals surface area contributed by atoms with Gasteiger partial charge in [0.05, 0.1) is 13.2 Å². The molecule has 102 valence electrons. The van der Waals surface area contributed by atoms with Crippen LogP contribution < -0.4 is 5.32 Å². The third-order valence-corrected chi connectivity index (χ3v) is 3.80. The van der Waals surface area contributed by atoms with Crippen molar-refractivity contribution in [2.24, 2.45) is 5.41 Å². The molecule has 1 aliphatic rings. The van der Waals surface area contributed by atoms with Crippen LogP contribution in [-0.2, 0) is 9.47 Å². The van der Waals surface area contributed by atoms with Gasteiger partial charge in [0.15, 0.2) is 0 Å². The van der Waals surface area contributed by atoms with E-state index in [9.17, 15) is 0 Å². The van der Waals surface area contributed by atoms with Crippen LogP contribution in [0.15, 0.2) is 0 Å². The minimum Gasteiger partial charge on any atom is -0.382 e. The number of methoxy groups -OCH3 is 1. The first kappa shape index (κ1) is 14.9. The Hall–Kier alpha value is -0.120. The first-order valence-electron chi connectivity index (χ1n) is 6.97. The lowest BCUT2D eigenvalue weighted by Gasteiger charge is -2.28. The second-order valence-corrected chi connectivity index (χ2v) is 5.70. The molecule has 1 unspecified atom stereocenters. The Kier molecular flexibility index (Phi) is 7.09. The van der Waals surface area contributed by atoms with Crippen LogP contribution in [0.4, 0.5) is 0 Å². The number of hydrogen-bond donors (Lipinski definition) is 1. The summed E-state index contributed by atoms with van der Waals surface area (Å²) in [5.41, 5.74) is 0.495. The van der Waals surface area contributed by atoms with Crippen molar-refractivity contribution >= 4 is 0 Å². The van der Waals surface area contributed by atoms with E-state index >= 15 is 0 Å². The van der Waals surface area contributed by atoms with Crippen molar-refractivity contribution in [1.29, 1.82) is 0 Å². The van der Waals surface area contributed by atoms with Crippen LogP contribution in [-0.4, -0.2) is 39.5 Å². The molecule has 1 N–H and O–H groups in total. The Balaban J connectivity index is 1.90. The van der Waals surface area contributed by atoms with Gasteiger partial charge in [-0.1, -0.05) is 20.3 Å². The molecule has 0 saturated heterocycles. The Morgan fingerprint density at radius 2 is 2.00 bits per heavy atom. The van der Waals surface area contributed by atoms with Gasteiger partial charge in [-0.2, -0.15) is 0 Å². The van der Waals surface area contributed by atoms with Gasteiger partial charge in [0, 0.05) is 19.8 Å². The highest BCUT2D eigenvalue weighted by Crippen LogP contribution is 2.36. The largest absolute Gasteiger partial charge is 0.382 e. The van der Waals surface area contributed by atoms with Crippen LogP contribution in [0, 0.1) is 5.41 Å². The number of ether oxygens (including phenoxy) is 2. The van der Waals surface area contributed by atoms with Crippen molar-refractivity contribution in [3.05, 3.63) is 0 Å². The van der Waals surface area contributed by atoms with Crippen molar-refractivity contribution < 1.29 is 9.47 Å². The third-order valence-electron chi connectivity index (χ3n) is 3.80. The average Bonchev–Trinajstić information content (AvgIpc) is 2.62. The smallest absolute Gasteiger partial charge is 0.0700 e. The zero-order valence-electron chi connectivity index (χ0n) is 11.8. The topological polar surface area (TPSA) is 30.5 Å². The first-order valence-corrected chi connectivity index (χ1v) is 6.97. The number of unbranched alkanes of at least 4 members (excludes halogenated alkanes) is 1. The maximum Gasteiger partial charge on any atom is 0.0700 e. The van der Waals surface area contributed by atoms with E-state index < -0.39 is 0 Å². The van der Waals surface area contributed by atoms with Gasteiger partial charge in [-0.05, 0) is 37.6 Å². The molecule has 3 nitrogen and oxygen atoms in total. The van der Waals surface area contributed by atoms with Crippen LogP contribution >= 0.6 is 0 Å². The van der Waals surface area contributed by atoms with Gasteiger partial charge in [0.2, 0.25) is 0 Å². The van der Waals surface area contributed by atoms with Crippen molar-refractivity contribution in [2.75, 3.05) is 33.5 Å². The molecule has 0 radical (unpaired) electrons. The number of hydrogen-bond acceptors (Lipinski definition) is 3. The van der Waals surface area contributed by atoms with Crippen LogP contribution in [0.25, 0.3) is 0 Å². The van der Waals surface area contributed by atoms with Crippen molar-refractivity contribution in [3.8, 4) is 0 Å². The molecule has 17 heavy (non-hydrogen) atoms. The van der Waals surface area contributed by atoms with Gasteiger partial charge < -0.3 is 14.8 Å². The van der Waals surface area contributed by atoms with E-state index in [1.807, 2.05) is 0 Å². The summed E-state index contributed by atoms with van der Waals surface area (Å²) in [5, 5.41) is 3.69. The first-order chi connectivity index (χ1) is 8.17. The van der Waals surface area contributed by atoms with Crippen LogP contribution in [0.5, 0.6) is 0 Å². The van der Waals surface area contributed by atoms with Gasteiger partial charge in [0.1, 0.15) is 0 Å². The summed E-state index contributed by atoms with van der Waals surface area (Å²) in [6.07, 6.45) is 6.44. The van der Waals surface area contributed by atoms with Gasteiger partial charge in [-0.3, -0.25) is 0 Å². The molecule has 0 heterocycles. The highest BCUT2D eigenvalue weighted by molar-refractivity contribution is 4.89. The Bertz CT molecular complexity index is 195. The predicted molar refractivity (Wildman–Crippen MR) is 71.4 cm³/mol. The van der Waals surface area contributed by atoms with E-state index in [2.05, 4.69) is 19.2 Å². The summed E-state index contributed by atoms with van der Waals surface area (Å²) >= 11 is 0. The zero-order chi connectivity index (χ0) is 12.6. The van der Waals surface area contributed by atoms with Gasteiger partial charge in [-0.25, -0.2) is 0 Å². The summed E-state index contributed by atoms with van der Waals surface area (Å²) in [7, 11) is 1.70. The second kappa shape index (κ2) is 8.06. The molecule has 3 heteroatoms. The summed E-state index contributed by atoms with van der Waals surface area (Å²) in [4.78, 5) is 0. The lowest BCUT2D eigenvalue weighted by molar-refractivity contribution is 0.0686. The second-order valence-electron chi connectivity index (χ2n) is 5.70.